The van der Waals surface area contributed by atoms with Crippen molar-refractivity contribution in [2.75, 3.05) is 11.9 Å². The number of carbonyl (C=O) groups is 3. The quantitative estimate of drug-likeness (QED) is 0.749. The van der Waals surface area contributed by atoms with E-state index >= 15 is 0 Å². The maximum Gasteiger partial charge on any atom is 0.305 e. The topological polar surface area (TPSA) is 95.5 Å². The second-order valence-corrected chi connectivity index (χ2v) is 6.52. The number of carboxylic acid groups (broad SMARTS) is 1. The van der Waals surface area contributed by atoms with Gasteiger partial charge in [0.05, 0.1) is 12.0 Å². The van der Waals surface area contributed by atoms with Crippen molar-refractivity contribution in [3.8, 4) is 0 Å². The Labute approximate surface area is 143 Å². The number of carboxylic acids is 1. The maximum atomic E-state index is 12.4. The van der Waals surface area contributed by atoms with Gasteiger partial charge in [0, 0.05) is 17.0 Å². The van der Waals surface area contributed by atoms with Crippen LogP contribution in [0.1, 0.15) is 37.6 Å². The number of amides is 2. The minimum absolute atomic E-state index is 0.0360. The van der Waals surface area contributed by atoms with E-state index in [0.717, 1.165) is 10.4 Å². The van der Waals surface area contributed by atoms with Gasteiger partial charge in [0.1, 0.15) is 5.00 Å². The molecular weight excluding hydrogens is 328 g/mol. The van der Waals surface area contributed by atoms with Gasteiger partial charge < -0.3 is 15.7 Å². The first-order valence-corrected chi connectivity index (χ1v) is 8.17. The second kappa shape index (κ2) is 7.74. The summed E-state index contributed by atoms with van der Waals surface area (Å²) in [5.41, 5.74) is 1.72. The number of nitrogens with one attached hydrogen (secondary N) is 2. The van der Waals surface area contributed by atoms with Crippen LogP contribution in [-0.2, 0) is 4.79 Å². The van der Waals surface area contributed by atoms with Crippen molar-refractivity contribution in [2.24, 2.45) is 0 Å². The summed E-state index contributed by atoms with van der Waals surface area (Å²) in [4.78, 5) is 36.0. The minimum atomic E-state index is -0.982. The van der Waals surface area contributed by atoms with Crippen LogP contribution in [-0.4, -0.2) is 29.4 Å². The van der Waals surface area contributed by atoms with E-state index in [4.69, 9.17) is 5.11 Å². The third-order valence-electron chi connectivity index (χ3n) is 3.34. The number of aliphatic carboxylic acids is 1. The van der Waals surface area contributed by atoms with Crippen LogP contribution < -0.4 is 10.6 Å². The molecule has 7 heteroatoms. The Kier molecular flexibility index (Phi) is 5.70. The van der Waals surface area contributed by atoms with Gasteiger partial charge in [-0.25, -0.2) is 0 Å². The summed E-state index contributed by atoms with van der Waals surface area (Å²) in [6, 6.07) is 8.86. The van der Waals surface area contributed by atoms with Gasteiger partial charge in [-0.2, -0.15) is 0 Å². The number of carbonyl (C=O) groups excluding carboxylic acids is 2. The van der Waals surface area contributed by atoms with Crippen molar-refractivity contribution in [3.63, 3.8) is 0 Å². The zero-order valence-electron chi connectivity index (χ0n) is 13.4. The summed E-state index contributed by atoms with van der Waals surface area (Å²) in [7, 11) is 0. The average Bonchev–Trinajstić information content (AvgIpc) is 2.87. The molecule has 0 fully saturated rings. The van der Waals surface area contributed by atoms with Gasteiger partial charge in [0.25, 0.3) is 11.8 Å². The lowest BCUT2D eigenvalue weighted by Crippen LogP contribution is -2.26. The molecule has 0 atom stereocenters. The summed E-state index contributed by atoms with van der Waals surface area (Å²) in [6.45, 7) is 3.71. The summed E-state index contributed by atoms with van der Waals surface area (Å²) < 4.78 is 0. The minimum Gasteiger partial charge on any atom is -0.481 e. The Bertz CT molecular complexity index is 783. The van der Waals surface area contributed by atoms with E-state index in [1.165, 1.54) is 11.3 Å². The van der Waals surface area contributed by atoms with Crippen molar-refractivity contribution in [1.29, 1.82) is 0 Å². The molecule has 0 spiro atoms. The van der Waals surface area contributed by atoms with Crippen molar-refractivity contribution < 1.29 is 19.5 Å². The molecule has 3 N–H and O–H groups in total. The number of thiophene rings is 1. The Hall–Kier alpha value is -2.67. The fraction of sp³-hybridized carbons (Fsp3) is 0.235. The smallest absolute Gasteiger partial charge is 0.305 e. The molecule has 0 saturated heterocycles. The third kappa shape index (κ3) is 4.42. The standard InChI is InChI=1S/C17H18N2O4S/c1-10-5-3-4-6-12(10)16(23)19-17-13(9-11(2)24-17)15(22)18-8-7-14(20)21/h3-6,9H,7-8H2,1-2H3,(H,18,22)(H,19,23)(H,20,21). The number of aryl methyl sites for hydroxylation is 2. The second-order valence-electron chi connectivity index (χ2n) is 5.27. The van der Waals surface area contributed by atoms with Gasteiger partial charge in [-0.3, -0.25) is 14.4 Å². The number of hydrogen-bond donors (Lipinski definition) is 3. The lowest BCUT2D eigenvalue weighted by atomic mass is 10.1. The van der Waals surface area contributed by atoms with Gasteiger partial charge in [-0.05, 0) is 31.5 Å². The molecule has 24 heavy (non-hydrogen) atoms. The third-order valence-corrected chi connectivity index (χ3v) is 4.31. The molecule has 0 bridgehead atoms. The number of rotatable bonds is 6. The summed E-state index contributed by atoms with van der Waals surface area (Å²) in [6.07, 6.45) is -0.153. The van der Waals surface area contributed by atoms with Gasteiger partial charge in [-0.15, -0.1) is 11.3 Å². The average molecular weight is 346 g/mol. The first-order chi connectivity index (χ1) is 11.4. The highest BCUT2D eigenvalue weighted by atomic mass is 32.1. The van der Waals surface area contributed by atoms with Crippen LogP contribution >= 0.6 is 11.3 Å². The number of hydrogen-bond acceptors (Lipinski definition) is 4. The SMILES string of the molecule is Cc1cc(C(=O)NCCC(=O)O)c(NC(=O)c2ccccc2C)s1. The molecule has 1 aromatic carbocycles. The molecule has 0 aliphatic rings. The monoisotopic (exact) mass is 346 g/mol. The normalized spacial score (nSPS) is 10.2. The Balaban J connectivity index is 2.14. The summed E-state index contributed by atoms with van der Waals surface area (Å²) in [5.74, 6) is -1.67. The summed E-state index contributed by atoms with van der Waals surface area (Å²) in [5, 5.41) is 14.4. The largest absolute Gasteiger partial charge is 0.481 e. The van der Waals surface area contributed by atoms with Crippen molar-refractivity contribution >= 4 is 34.1 Å². The first kappa shape index (κ1) is 17.7. The first-order valence-electron chi connectivity index (χ1n) is 7.36. The molecule has 1 aromatic heterocycles. The molecule has 2 rings (SSSR count). The zero-order chi connectivity index (χ0) is 17.7. The van der Waals surface area contributed by atoms with Gasteiger partial charge in [-0.1, -0.05) is 18.2 Å². The fourth-order valence-electron chi connectivity index (χ4n) is 2.15. The van der Waals surface area contributed by atoms with Crippen LogP contribution in [0.2, 0.25) is 0 Å². The van der Waals surface area contributed by atoms with E-state index in [-0.39, 0.29) is 18.9 Å². The van der Waals surface area contributed by atoms with E-state index in [1.807, 2.05) is 26.0 Å². The highest BCUT2D eigenvalue weighted by Crippen LogP contribution is 2.28. The van der Waals surface area contributed by atoms with E-state index in [2.05, 4.69) is 10.6 Å². The van der Waals surface area contributed by atoms with Gasteiger partial charge in [0.2, 0.25) is 0 Å². The highest BCUT2D eigenvalue weighted by molar-refractivity contribution is 7.16. The molecule has 0 radical (unpaired) electrons. The van der Waals surface area contributed by atoms with Crippen LogP contribution in [0.3, 0.4) is 0 Å². The van der Waals surface area contributed by atoms with Crippen LogP contribution in [0.15, 0.2) is 30.3 Å². The fourth-order valence-corrected chi connectivity index (χ4v) is 3.06. The predicted molar refractivity (Wildman–Crippen MR) is 92.8 cm³/mol. The van der Waals surface area contributed by atoms with Gasteiger partial charge in [0.15, 0.2) is 0 Å². The van der Waals surface area contributed by atoms with Crippen LogP contribution in [0.25, 0.3) is 0 Å². The molecule has 0 aliphatic heterocycles. The lowest BCUT2D eigenvalue weighted by Gasteiger charge is -2.08. The molecule has 0 aliphatic carbocycles. The van der Waals surface area contributed by atoms with Crippen molar-refractivity contribution in [1.82, 2.24) is 5.32 Å². The Morgan fingerprint density at radius 1 is 1.08 bits per heavy atom. The highest BCUT2D eigenvalue weighted by Gasteiger charge is 2.18. The lowest BCUT2D eigenvalue weighted by molar-refractivity contribution is -0.136. The van der Waals surface area contributed by atoms with E-state index in [1.54, 1.807) is 18.2 Å². The van der Waals surface area contributed by atoms with Crippen LogP contribution in [0.4, 0.5) is 5.00 Å². The number of anilines is 1. The summed E-state index contributed by atoms with van der Waals surface area (Å²) >= 11 is 1.30. The Morgan fingerprint density at radius 2 is 1.79 bits per heavy atom. The van der Waals surface area contributed by atoms with Crippen LogP contribution in [0.5, 0.6) is 0 Å². The van der Waals surface area contributed by atoms with Crippen molar-refractivity contribution in [3.05, 3.63) is 51.9 Å². The van der Waals surface area contributed by atoms with Gasteiger partial charge >= 0.3 is 5.97 Å². The van der Waals surface area contributed by atoms with E-state index < -0.39 is 11.9 Å². The molecule has 1 heterocycles. The van der Waals surface area contributed by atoms with Crippen LogP contribution in [0, 0.1) is 13.8 Å². The van der Waals surface area contributed by atoms with E-state index in [9.17, 15) is 14.4 Å². The van der Waals surface area contributed by atoms with Crippen molar-refractivity contribution in [2.45, 2.75) is 20.3 Å². The maximum absolute atomic E-state index is 12.4. The molecular formula is C17H18N2O4S. The Morgan fingerprint density at radius 3 is 2.46 bits per heavy atom. The molecule has 6 nitrogen and oxygen atoms in total. The molecule has 2 aromatic rings. The zero-order valence-corrected chi connectivity index (χ0v) is 14.2. The molecule has 126 valence electrons. The molecule has 2 amide bonds. The number of benzene rings is 1. The predicted octanol–water partition coefficient (Wildman–Crippen LogP) is 2.82. The molecule has 0 saturated carbocycles. The van der Waals surface area contributed by atoms with E-state index in [0.29, 0.717) is 16.1 Å². The molecule has 0 unspecified atom stereocenters.